The predicted octanol–water partition coefficient (Wildman–Crippen LogP) is 1.75. The molecule has 0 fully saturated rings. The average Bonchev–Trinajstić information content (AvgIpc) is 2.40. The minimum Gasteiger partial charge on any atom is -0.491 e. The minimum atomic E-state index is -0.493. The summed E-state index contributed by atoms with van der Waals surface area (Å²) in [5.41, 5.74) is 1.15. The molecule has 0 heterocycles. The zero-order valence-corrected chi connectivity index (χ0v) is 11.9. The van der Waals surface area contributed by atoms with E-state index in [1.54, 1.807) is 0 Å². The number of aliphatic hydroxyl groups excluding tert-OH is 1. The molecule has 1 aromatic rings. The van der Waals surface area contributed by atoms with E-state index in [9.17, 15) is 5.11 Å². The van der Waals surface area contributed by atoms with Crippen LogP contribution in [0.4, 0.5) is 0 Å². The van der Waals surface area contributed by atoms with Crippen LogP contribution < -0.4 is 10.1 Å². The highest BCUT2D eigenvalue weighted by Crippen LogP contribution is 2.12. The lowest BCUT2D eigenvalue weighted by Crippen LogP contribution is -2.32. The van der Waals surface area contributed by atoms with Crippen molar-refractivity contribution in [3.05, 3.63) is 29.8 Å². The van der Waals surface area contributed by atoms with E-state index in [0.29, 0.717) is 13.2 Å². The third kappa shape index (κ3) is 7.82. The van der Waals surface area contributed by atoms with Crippen molar-refractivity contribution in [3.63, 3.8) is 0 Å². The summed E-state index contributed by atoms with van der Waals surface area (Å²) in [5, 5.41) is 12.9. The molecular formula is C15H25NO3. The number of ether oxygens (including phenoxy) is 2. The van der Waals surface area contributed by atoms with Crippen molar-refractivity contribution in [2.24, 2.45) is 0 Å². The van der Waals surface area contributed by atoms with Crippen LogP contribution in [0.1, 0.15) is 18.9 Å². The van der Waals surface area contributed by atoms with E-state index in [1.807, 2.05) is 38.1 Å². The molecular weight excluding hydrogens is 242 g/mol. The highest BCUT2D eigenvalue weighted by Gasteiger charge is 2.04. The summed E-state index contributed by atoms with van der Waals surface area (Å²) in [6, 6.07) is 7.82. The number of hydrogen-bond donors (Lipinski definition) is 2. The number of aryl methyl sites for hydroxylation is 1. The molecule has 0 saturated carbocycles. The third-order valence-corrected chi connectivity index (χ3v) is 2.66. The fourth-order valence-electron chi connectivity index (χ4n) is 1.67. The first-order chi connectivity index (χ1) is 9.22. The second kappa shape index (κ2) is 9.78. The van der Waals surface area contributed by atoms with Gasteiger partial charge >= 0.3 is 0 Å². The van der Waals surface area contributed by atoms with Gasteiger partial charge in [-0.1, -0.05) is 12.1 Å². The van der Waals surface area contributed by atoms with Crippen molar-refractivity contribution in [2.45, 2.75) is 26.4 Å². The van der Waals surface area contributed by atoms with Gasteiger partial charge in [0.1, 0.15) is 18.5 Å². The monoisotopic (exact) mass is 267 g/mol. The van der Waals surface area contributed by atoms with E-state index in [2.05, 4.69) is 5.32 Å². The Morgan fingerprint density at radius 2 is 2.21 bits per heavy atom. The normalized spacial score (nSPS) is 12.4. The van der Waals surface area contributed by atoms with Crippen LogP contribution in [0.15, 0.2) is 24.3 Å². The molecule has 0 aliphatic rings. The number of nitrogens with one attached hydrogen (secondary N) is 1. The molecule has 19 heavy (non-hydrogen) atoms. The molecule has 1 rings (SSSR count). The van der Waals surface area contributed by atoms with Crippen molar-refractivity contribution >= 4 is 0 Å². The fraction of sp³-hybridized carbons (Fsp3) is 0.600. The zero-order valence-electron chi connectivity index (χ0n) is 11.9. The molecule has 2 N–H and O–H groups in total. The lowest BCUT2D eigenvalue weighted by atomic mass is 10.2. The lowest BCUT2D eigenvalue weighted by Gasteiger charge is -2.13. The van der Waals surface area contributed by atoms with Gasteiger partial charge in [0.15, 0.2) is 0 Å². The standard InChI is InChI=1S/C15H25NO3/c1-3-18-9-5-8-16-11-14(17)12-19-15-7-4-6-13(2)10-15/h4,6-7,10,14,16-17H,3,5,8-9,11-12H2,1-2H3. The Bertz CT molecular complexity index is 344. The largest absolute Gasteiger partial charge is 0.491 e. The molecule has 0 amide bonds. The fourth-order valence-corrected chi connectivity index (χ4v) is 1.67. The first kappa shape index (κ1) is 16.0. The molecule has 1 aromatic carbocycles. The second-order valence-corrected chi connectivity index (χ2v) is 4.54. The SMILES string of the molecule is CCOCCCNCC(O)COc1cccc(C)c1. The number of rotatable bonds is 10. The van der Waals surface area contributed by atoms with Gasteiger partial charge in [0.25, 0.3) is 0 Å². The van der Waals surface area contributed by atoms with Gasteiger partial charge in [-0.2, -0.15) is 0 Å². The quantitative estimate of drug-likeness (QED) is 0.634. The van der Waals surface area contributed by atoms with Gasteiger partial charge in [-0.3, -0.25) is 0 Å². The maximum atomic E-state index is 9.76. The topological polar surface area (TPSA) is 50.7 Å². The highest BCUT2D eigenvalue weighted by molar-refractivity contribution is 5.27. The first-order valence-corrected chi connectivity index (χ1v) is 6.88. The van der Waals surface area contributed by atoms with Gasteiger partial charge in [0.2, 0.25) is 0 Å². The van der Waals surface area contributed by atoms with E-state index in [1.165, 1.54) is 0 Å². The summed E-state index contributed by atoms with van der Waals surface area (Å²) in [5.74, 6) is 0.801. The van der Waals surface area contributed by atoms with Gasteiger partial charge in [-0.15, -0.1) is 0 Å². The van der Waals surface area contributed by atoms with Crippen LogP contribution in [0.25, 0.3) is 0 Å². The van der Waals surface area contributed by atoms with Gasteiger partial charge in [-0.05, 0) is 44.5 Å². The van der Waals surface area contributed by atoms with Crippen molar-refractivity contribution in [1.82, 2.24) is 5.32 Å². The van der Waals surface area contributed by atoms with E-state index in [4.69, 9.17) is 9.47 Å². The van der Waals surface area contributed by atoms with Crippen molar-refractivity contribution in [3.8, 4) is 5.75 Å². The molecule has 0 spiro atoms. The van der Waals surface area contributed by atoms with E-state index in [0.717, 1.165) is 37.5 Å². The minimum absolute atomic E-state index is 0.307. The lowest BCUT2D eigenvalue weighted by molar-refractivity contribution is 0.104. The summed E-state index contributed by atoms with van der Waals surface area (Å²) in [6.07, 6.45) is 0.465. The van der Waals surface area contributed by atoms with Gasteiger partial charge in [-0.25, -0.2) is 0 Å². The molecule has 108 valence electrons. The van der Waals surface area contributed by atoms with Crippen LogP contribution in [0.2, 0.25) is 0 Å². The molecule has 0 aliphatic heterocycles. The molecule has 4 heteroatoms. The Balaban J connectivity index is 2.06. The number of aliphatic hydroxyl groups is 1. The van der Waals surface area contributed by atoms with Crippen LogP contribution >= 0.6 is 0 Å². The molecule has 0 aromatic heterocycles. The number of benzene rings is 1. The molecule has 4 nitrogen and oxygen atoms in total. The molecule has 0 bridgehead atoms. The van der Waals surface area contributed by atoms with Gasteiger partial charge in [0, 0.05) is 19.8 Å². The summed E-state index contributed by atoms with van der Waals surface area (Å²) >= 11 is 0. The first-order valence-electron chi connectivity index (χ1n) is 6.88. The van der Waals surface area contributed by atoms with E-state index < -0.39 is 6.10 Å². The Morgan fingerprint density at radius 1 is 1.37 bits per heavy atom. The van der Waals surface area contributed by atoms with Gasteiger partial charge < -0.3 is 19.9 Å². The molecule has 0 radical (unpaired) electrons. The zero-order chi connectivity index (χ0) is 13.9. The van der Waals surface area contributed by atoms with E-state index >= 15 is 0 Å². The maximum absolute atomic E-state index is 9.76. The Kier molecular flexibility index (Phi) is 8.21. The van der Waals surface area contributed by atoms with Crippen LogP contribution in [-0.2, 0) is 4.74 Å². The van der Waals surface area contributed by atoms with Crippen LogP contribution in [0.3, 0.4) is 0 Å². The molecule has 1 unspecified atom stereocenters. The van der Waals surface area contributed by atoms with Crippen molar-refractivity contribution in [2.75, 3.05) is 32.9 Å². The number of hydrogen-bond acceptors (Lipinski definition) is 4. The highest BCUT2D eigenvalue weighted by atomic mass is 16.5. The molecule has 1 atom stereocenters. The van der Waals surface area contributed by atoms with Crippen molar-refractivity contribution in [1.29, 1.82) is 0 Å². The smallest absolute Gasteiger partial charge is 0.119 e. The van der Waals surface area contributed by atoms with Crippen LogP contribution in [-0.4, -0.2) is 44.1 Å². The maximum Gasteiger partial charge on any atom is 0.119 e. The summed E-state index contributed by atoms with van der Waals surface area (Å²) in [6.45, 7) is 7.22. The summed E-state index contributed by atoms with van der Waals surface area (Å²) in [7, 11) is 0. The second-order valence-electron chi connectivity index (χ2n) is 4.54. The Labute approximate surface area is 115 Å². The average molecular weight is 267 g/mol. The summed E-state index contributed by atoms with van der Waals surface area (Å²) in [4.78, 5) is 0. The van der Waals surface area contributed by atoms with Crippen molar-refractivity contribution < 1.29 is 14.6 Å². The van der Waals surface area contributed by atoms with Crippen LogP contribution in [0, 0.1) is 6.92 Å². The van der Waals surface area contributed by atoms with Crippen LogP contribution in [0.5, 0.6) is 5.75 Å². The Morgan fingerprint density at radius 3 is 2.95 bits per heavy atom. The van der Waals surface area contributed by atoms with E-state index in [-0.39, 0.29) is 0 Å². The third-order valence-electron chi connectivity index (χ3n) is 2.66. The predicted molar refractivity (Wildman–Crippen MR) is 76.7 cm³/mol. The summed E-state index contributed by atoms with van der Waals surface area (Å²) < 4.78 is 10.8. The Hall–Kier alpha value is -1.10. The molecule has 0 aliphatic carbocycles. The molecule has 0 saturated heterocycles. The van der Waals surface area contributed by atoms with Gasteiger partial charge in [0.05, 0.1) is 0 Å².